The highest BCUT2D eigenvalue weighted by molar-refractivity contribution is 7.20. The number of nitrogens with zero attached hydrogens (tertiary/aromatic N) is 2. The van der Waals surface area contributed by atoms with Crippen LogP contribution in [0.25, 0.3) is 15.3 Å². The first-order valence-corrected chi connectivity index (χ1v) is 11.1. The fourth-order valence-electron chi connectivity index (χ4n) is 3.11. The van der Waals surface area contributed by atoms with Gasteiger partial charge in [-0.25, -0.2) is 4.98 Å². The van der Waals surface area contributed by atoms with Crippen LogP contribution in [-0.2, 0) is 11.2 Å². The number of hydrogen-bond acceptors (Lipinski definition) is 4. The van der Waals surface area contributed by atoms with Gasteiger partial charge in [-0.3, -0.25) is 9.59 Å². The third-order valence-electron chi connectivity index (χ3n) is 4.83. The first-order valence-electron chi connectivity index (χ1n) is 9.86. The maximum Gasteiger partial charge on any atom is 0.251 e. The molecule has 2 N–H and O–H groups in total. The maximum atomic E-state index is 12.6. The zero-order chi connectivity index (χ0) is 21.8. The first-order chi connectivity index (χ1) is 15.0. The molecule has 0 radical (unpaired) electrons. The lowest BCUT2D eigenvalue weighted by Crippen LogP contribution is -2.45. The lowest BCUT2D eigenvalue weighted by Gasteiger charge is -2.14. The largest absolute Gasteiger partial charge is 0.354 e. The minimum Gasteiger partial charge on any atom is -0.354 e. The molecule has 0 saturated carbocycles. The number of fused-ring (bicyclic) bond motifs is 1. The summed E-state index contributed by atoms with van der Waals surface area (Å²) in [6.07, 6.45) is 4.55. The van der Waals surface area contributed by atoms with Crippen molar-refractivity contribution < 1.29 is 9.59 Å². The Hall–Kier alpha value is -3.16. The molecule has 0 bridgehead atoms. The lowest BCUT2D eigenvalue weighted by molar-refractivity contribution is -0.122. The van der Waals surface area contributed by atoms with Crippen LogP contribution < -0.4 is 10.6 Å². The molecule has 4 aromatic rings. The smallest absolute Gasteiger partial charge is 0.251 e. The normalized spacial score (nSPS) is 11.9. The van der Waals surface area contributed by atoms with Gasteiger partial charge in [0.2, 0.25) is 5.91 Å². The van der Waals surface area contributed by atoms with Crippen molar-refractivity contribution in [3.05, 3.63) is 83.1 Å². The van der Waals surface area contributed by atoms with Crippen molar-refractivity contribution in [1.29, 1.82) is 0 Å². The van der Waals surface area contributed by atoms with Crippen molar-refractivity contribution in [3.8, 4) is 5.13 Å². The molecule has 2 heterocycles. The summed E-state index contributed by atoms with van der Waals surface area (Å²) in [5, 5.41) is 7.14. The average Bonchev–Trinajstić information content (AvgIpc) is 3.44. The zero-order valence-electron chi connectivity index (χ0n) is 16.8. The number of rotatable bonds is 7. The van der Waals surface area contributed by atoms with Crippen LogP contribution in [0.4, 0.5) is 0 Å². The van der Waals surface area contributed by atoms with Crippen LogP contribution in [0.5, 0.6) is 0 Å². The quantitative estimate of drug-likeness (QED) is 0.441. The van der Waals surface area contributed by atoms with Gasteiger partial charge in [-0.2, -0.15) is 0 Å². The van der Waals surface area contributed by atoms with Gasteiger partial charge < -0.3 is 15.2 Å². The minimum absolute atomic E-state index is 0.226. The molecular weight excluding hydrogens is 432 g/mol. The summed E-state index contributed by atoms with van der Waals surface area (Å²) in [7, 11) is 0. The van der Waals surface area contributed by atoms with Crippen molar-refractivity contribution in [1.82, 2.24) is 20.2 Å². The van der Waals surface area contributed by atoms with Crippen molar-refractivity contribution in [2.45, 2.75) is 19.4 Å². The number of carbonyl (C=O) groups excluding carboxylic acids is 2. The molecule has 4 rings (SSSR count). The van der Waals surface area contributed by atoms with E-state index in [-0.39, 0.29) is 11.8 Å². The van der Waals surface area contributed by atoms with E-state index in [0.717, 1.165) is 20.9 Å². The molecule has 0 fully saturated rings. The second-order valence-electron chi connectivity index (χ2n) is 7.13. The Kier molecular flexibility index (Phi) is 6.34. The topological polar surface area (TPSA) is 76.0 Å². The summed E-state index contributed by atoms with van der Waals surface area (Å²) in [6.45, 7) is 2.15. The summed E-state index contributed by atoms with van der Waals surface area (Å²) in [5.41, 5.74) is 2.41. The highest BCUT2D eigenvalue weighted by Gasteiger charge is 2.17. The fourth-order valence-corrected chi connectivity index (χ4v) is 4.20. The van der Waals surface area contributed by atoms with Crippen LogP contribution >= 0.6 is 22.9 Å². The molecule has 0 aliphatic rings. The van der Waals surface area contributed by atoms with Gasteiger partial charge in [0.1, 0.15) is 6.04 Å². The standard InChI is InChI=1S/C23H21ClN4O2S/c1-15(21(29)25-11-10-16-4-7-18(24)8-5-16)26-22(30)17-6-9-19-20(14-17)31-23(27-19)28-12-2-3-13-28/h2-9,12-15H,10-11H2,1H3,(H,25,29)(H,26,30)/t15-/m1/s1. The summed E-state index contributed by atoms with van der Waals surface area (Å²) in [4.78, 5) is 29.6. The SMILES string of the molecule is C[C@@H](NC(=O)c1ccc2nc(-n3cccc3)sc2c1)C(=O)NCCc1ccc(Cl)cc1. The van der Waals surface area contributed by atoms with Crippen molar-refractivity contribution in [3.63, 3.8) is 0 Å². The molecule has 2 aromatic heterocycles. The highest BCUT2D eigenvalue weighted by atomic mass is 35.5. The molecule has 0 saturated heterocycles. The third kappa shape index (κ3) is 5.13. The van der Waals surface area contributed by atoms with Crippen molar-refractivity contribution in [2.75, 3.05) is 6.54 Å². The lowest BCUT2D eigenvalue weighted by atomic mass is 10.1. The molecule has 6 nitrogen and oxygen atoms in total. The molecule has 31 heavy (non-hydrogen) atoms. The van der Waals surface area contributed by atoms with E-state index in [0.29, 0.717) is 23.6 Å². The van der Waals surface area contributed by atoms with Gasteiger partial charge in [0.25, 0.3) is 5.91 Å². The predicted octanol–water partition coefficient (Wildman–Crippen LogP) is 4.22. The number of halogens is 1. The van der Waals surface area contributed by atoms with E-state index < -0.39 is 6.04 Å². The Bertz CT molecular complexity index is 1200. The second-order valence-corrected chi connectivity index (χ2v) is 8.58. The van der Waals surface area contributed by atoms with Gasteiger partial charge in [-0.1, -0.05) is 35.1 Å². The first kappa shape index (κ1) is 21.1. The Morgan fingerprint density at radius 2 is 1.87 bits per heavy atom. The molecule has 8 heteroatoms. The summed E-state index contributed by atoms with van der Waals surface area (Å²) < 4.78 is 2.84. The van der Waals surface area contributed by atoms with Crippen LogP contribution in [-0.4, -0.2) is 34.0 Å². The molecule has 0 spiro atoms. The molecule has 2 amide bonds. The Morgan fingerprint density at radius 3 is 2.61 bits per heavy atom. The summed E-state index contributed by atoms with van der Waals surface area (Å²) >= 11 is 7.39. The number of aromatic nitrogens is 2. The van der Waals surface area contributed by atoms with Crippen LogP contribution in [0.1, 0.15) is 22.8 Å². The van der Waals surface area contributed by atoms with E-state index in [4.69, 9.17) is 11.6 Å². The van der Waals surface area contributed by atoms with E-state index in [9.17, 15) is 9.59 Å². The molecule has 0 unspecified atom stereocenters. The summed E-state index contributed by atoms with van der Waals surface area (Å²) in [5.74, 6) is -0.519. The second kappa shape index (κ2) is 9.32. The molecular formula is C23H21ClN4O2S. The monoisotopic (exact) mass is 452 g/mol. The zero-order valence-corrected chi connectivity index (χ0v) is 18.4. The number of thiazole rings is 1. The van der Waals surface area contributed by atoms with Crippen LogP contribution in [0.2, 0.25) is 5.02 Å². The maximum absolute atomic E-state index is 12.6. The molecule has 2 aromatic carbocycles. The summed E-state index contributed by atoms with van der Waals surface area (Å²) in [6, 6.07) is 16.1. The van der Waals surface area contributed by atoms with Gasteiger partial charge in [0.15, 0.2) is 5.13 Å². The minimum atomic E-state index is -0.648. The van der Waals surface area contributed by atoms with Crippen LogP contribution in [0.3, 0.4) is 0 Å². The Morgan fingerprint density at radius 1 is 1.13 bits per heavy atom. The van der Waals surface area contributed by atoms with Gasteiger partial charge in [0.05, 0.1) is 10.2 Å². The molecule has 0 aliphatic carbocycles. The number of benzene rings is 2. The van der Waals surface area contributed by atoms with Crippen molar-refractivity contribution >= 4 is 45.0 Å². The van der Waals surface area contributed by atoms with Gasteiger partial charge >= 0.3 is 0 Å². The van der Waals surface area contributed by atoms with Gasteiger partial charge in [-0.15, -0.1) is 0 Å². The van der Waals surface area contributed by atoms with E-state index in [1.807, 2.05) is 59.4 Å². The van der Waals surface area contributed by atoms with E-state index in [2.05, 4.69) is 15.6 Å². The number of carbonyl (C=O) groups is 2. The third-order valence-corrected chi connectivity index (χ3v) is 6.12. The van der Waals surface area contributed by atoms with Gasteiger partial charge in [-0.05, 0) is 61.4 Å². The van der Waals surface area contributed by atoms with Crippen LogP contribution in [0, 0.1) is 0 Å². The van der Waals surface area contributed by atoms with E-state index >= 15 is 0 Å². The van der Waals surface area contributed by atoms with Crippen molar-refractivity contribution in [2.24, 2.45) is 0 Å². The number of amides is 2. The number of nitrogens with one attached hydrogen (secondary N) is 2. The van der Waals surface area contributed by atoms with Crippen LogP contribution in [0.15, 0.2) is 67.0 Å². The number of hydrogen-bond donors (Lipinski definition) is 2. The Balaban J connectivity index is 1.33. The van der Waals surface area contributed by atoms with E-state index in [1.54, 1.807) is 19.1 Å². The predicted molar refractivity (Wildman–Crippen MR) is 124 cm³/mol. The molecule has 0 aliphatic heterocycles. The Labute approximate surface area is 188 Å². The highest BCUT2D eigenvalue weighted by Crippen LogP contribution is 2.26. The average molecular weight is 453 g/mol. The molecule has 1 atom stereocenters. The van der Waals surface area contributed by atoms with E-state index in [1.165, 1.54) is 11.3 Å². The molecule has 158 valence electrons. The fraction of sp³-hybridized carbons (Fsp3) is 0.174. The van der Waals surface area contributed by atoms with Gasteiger partial charge in [0, 0.05) is 29.5 Å².